The second-order valence-electron chi connectivity index (χ2n) is 3.20. The van der Waals surface area contributed by atoms with Crippen LogP contribution in [-0.2, 0) is 12.2 Å². The summed E-state index contributed by atoms with van der Waals surface area (Å²) in [4.78, 5) is 5.35. The van der Waals surface area contributed by atoms with Gasteiger partial charge in [-0.3, -0.25) is 5.41 Å². The Morgan fingerprint density at radius 1 is 1.53 bits per heavy atom. The lowest BCUT2D eigenvalue weighted by atomic mass is 10.3. The van der Waals surface area contributed by atoms with Crippen molar-refractivity contribution in [2.45, 2.75) is 32.4 Å². The summed E-state index contributed by atoms with van der Waals surface area (Å²) in [6.07, 6.45) is 2.04. The topological polar surface area (TPSA) is 62.8 Å². The first-order valence-electron chi connectivity index (χ1n) is 5.09. The van der Waals surface area contributed by atoms with Crippen LogP contribution in [0.15, 0.2) is 0 Å². The van der Waals surface area contributed by atoms with Crippen LogP contribution in [0.1, 0.15) is 35.8 Å². The summed E-state index contributed by atoms with van der Waals surface area (Å²) >= 11 is 3.45. The fraction of sp³-hybridized carbons (Fsp3) is 0.600. The number of thiazole rings is 1. The molecule has 0 saturated carbocycles. The molecule has 0 fully saturated rings. The van der Waals surface area contributed by atoms with Crippen molar-refractivity contribution in [3.8, 4) is 0 Å². The van der Waals surface area contributed by atoms with Gasteiger partial charge in [0.15, 0.2) is 0 Å². The van der Waals surface area contributed by atoms with Gasteiger partial charge in [-0.2, -0.15) is 11.8 Å². The van der Waals surface area contributed by atoms with E-state index in [0.29, 0.717) is 0 Å². The lowest BCUT2D eigenvalue weighted by Crippen LogP contribution is -2.11. The highest BCUT2D eigenvalue weighted by molar-refractivity contribution is 7.98. The lowest BCUT2D eigenvalue weighted by molar-refractivity contribution is 1.03. The van der Waals surface area contributed by atoms with E-state index in [1.54, 1.807) is 11.3 Å². The number of hydrogen-bond donors (Lipinski definition) is 2. The molecule has 1 aromatic heterocycles. The monoisotopic (exact) mass is 243 g/mol. The molecule has 0 atom stereocenters. The normalized spacial score (nSPS) is 10.5. The number of hydrogen-bond acceptors (Lipinski definition) is 4. The number of nitrogens with one attached hydrogen (secondary N) is 1. The summed E-state index contributed by atoms with van der Waals surface area (Å²) in [6.45, 7) is 4.22. The van der Waals surface area contributed by atoms with Gasteiger partial charge in [-0.15, -0.1) is 11.3 Å². The average Bonchev–Trinajstić information content (AvgIpc) is 2.62. The molecule has 0 aliphatic rings. The second-order valence-corrected chi connectivity index (χ2v) is 5.39. The zero-order chi connectivity index (χ0) is 11.3. The number of rotatable bonds is 6. The van der Waals surface area contributed by atoms with Crippen molar-refractivity contribution in [3.63, 3.8) is 0 Å². The van der Waals surface area contributed by atoms with Crippen LogP contribution >= 0.6 is 23.1 Å². The molecule has 0 bridgehead atoms. The average molecular weight is 243 g/mol. The smallest absolute Gasteiger partial charge is 0.135 e. The fourth-order valence-corrected chi connectivity index (χ4v) is 3.18. The van der Waals surface area contributed by atoms with Crippen LogP contribution < -0.4 is 5.73 Å². The lowest BCUT2D eigenvalue weighted by Gasteiger charge is -1.93. The van der Waals surface area contributed by atoms with Crippen molar-refractivity contribution in [3.05, 3.63) is 15.6 Å². The zero-order valence-corrected chi connectivity index (χ0v) is 10.8. The summed E-state index contributed by atoms with van der Waals surface area (Å²) in [5.41, 5.74) is 6.48. The first-order chi connectivity index (χ1) is 7.19. The first-order valence-corrected chi connectivity index (χ1v) is 7.06. The van der Waals surface area contributed by atoms with Gasteiger partial charge in [0.2, 0.25) is 0 Å². The van der Waals surface area contributed by atoms with E-state index in [2.05, 4.69) is 11.9 Å². The highest BCUT2D eigenvalue weighted by Gasteiger charge is 2.11. The molecular weight excluding hydrogens is 226 g/mol. The summed E-state index contributed by atoms with van der Waals surface area (Å²) in [5.74, 6) is 2.26. The Kier molecular flexibility index (Phi) is 5.11. The molecular formula is C10H17N3S2. The van der Waals surface area contributed by atoms with Gasteiger partial charge in [0.05, 0.1) is 10.6 Å². The molecule has 1 aromatic rings. The first kappa shape index (κ1) is 12.5. The molecule has 0 saturated heterocycles. The molecule has 0 aromatic carbocycles. The SMILES string of the molecule is CCCSCc1nc(CC)c(C(=N)N)s1. The number of nitrogens with zero attached hydrogens (tertiary/aromatic N) is 1. The zero-order valence-electron chi connectivity index (χ0n) is 9.17. The van der Waals surface area contributed by atoms with Crippen LogP contribution in [0.25, 0.3) is 0 Å². The van der Waals surface area contributed by atoms with Gasteiger partial charge in [-0.05, 0) is 18.6 Å². The van der Waals surface area contributed by atoms with Crippen LogP contribution in [0.3, 0.4) is 0 Å². The third-order valence-corrected chi connectivity index (χ3v) is 4.38. The number of aromatic nitrogens is 1. The van der Waals surface area contributed by atoms with Gasteiger partial charge in [0, 0.05) is 5.75 Å². The molecule has 0 radical (unpaired) electrons. The molecule has 0 amide bonds. The predicted octanol–water partition coefficient (Wildman–Crippen LogP) is 2.63. The molecule has 3 N–H and O–H groups in total. The van der Waals surface area contributed by atoms with Crippen molar-refractivity contribution in [2.75, 3.05) is 5.75 Å². The van der Waals surface area contributed by atoms with Crippen LogP contribution in [0.5, 0.6) is 0 Å². The van der Waals surface area contributed by atoms with Crippen molar-refractivity contribution in [2.24, 2.45) is 5.73 Å². The summed E-state index contributed by atoms with van der Waals surface area (Å²) in [7, 11) is 0. The van der Waals surface area contributed by atoms with Gasteiger partial charge in [0.25, 0.3) is 0 Å². The maximum atomic E-state index is 7.45. The van der Waals surface area contributed by atoms with Crippen molar-refractivity contribution >= 4 is 28.9 Å². The van der Waals surface area contributed by atoms with E-state index in [9.17, 15) is 0 Å². The van der Waals surface area contributed by atoms with Crippen LogP contribution in [-0.4, -0.2) is 16.6 Å². The molecule has 15 heavy (non-hydrogen) atoms. The molecule has 5 heteroatoms. The van der Waals surface area contributed by atoms with E-state index < -0.39 is 0 Å². The van der Waals surface area contributed by atoms with E-state index in [-0.39, 0.29) is 5.84 Å². The standard InChI is InChI=1S/C10H17N3S2/c1-3-5-14-6-8-13-7(4-2)9(15-8)10(11)12/h3-6H2,1-2H3,(H3,11,12). The minimum atomic E-state index is 0.149. The Balaban J connectivity index is 2.70. The molecule has 0 aliphatic carbocycles. The van der Waals surface area contributed by atoms with Gasteiger partial charge >= 0.3 is 0 Å². The van der Waals surface area contributed by atoms with Gasteiger partial charge in [-0.25, -0.2) is 4.98 Å². The minimum absolute atomic E-state index is 0.149. The largest absolute Gasteiger partial charge is 0.383 e. The molecule has 1 heterocycles. The number of nitrogen functional groups attached to an aromatic ring is 1. The summed E-state index contributed by atoms with van der Waals surface area (Å²) in [6, 6.07) is 0. The van der Waals surface area contributed by atoms with Crippen molar-refractivity contribution in [1.82, 2.24) is 4.98 Å². The van der Waals surface area contributed by atoms with Gasteiger partial charge in [0.1, 0.15) is 10.8 Å². The molecule has 3 nitrogen and oxygen atoms in total. The Morgan fingerprint density at radius 2 is 2.27 bits per heavy atom. The third kappa shape index (κ3) is 3.50. The molecule has 0 aliphatic heterocycles. The summed E-state index contributed by atoms with van der Waals surface area (Å²) in [5, 5.41) is 8.54. The predicted molar refractivity (Wildman–Crippen MR) is 69.0 cm³/mol. The van der Waals surface area contributed by atoms with Gasteiger partial charge in [-0.1, -0.05) is 13.8 Å². The maximum Gasteiger partial charge on any atom is 0.135 e. The highest BCUT2D eigenvalue weighted by Crippen LogP contribution is 2.22. The Labute approximate surface area is 99.0 Å². The number of aryl methyl sites for hydroxylation is 1. The summed E-state index contributed by atoms with van der Waals surface area (Å²) < 4.78 is 0. The second kappa shape index (κ2) is 6.12. The Hall–Kier alpha value is -0.550. The molecule has 0 unspecified atom stereocenters. The molecule has 0 spiro atoms. The van der Waals surface area contributed by atoms with E-state index in [1.807, 2.05) is 18.7 Å². The van der Waals surface area contributed by atoms with Crippen LogP contribution in [0, 0.1) is 5.41 Å². The van der Waals surface area contributed by atoms with Crippen molar-refractivity contribution in [1.29, 1.82) is 5.41 Å². The quantitative estimate of drug-likeness (QED) is 0.458. The Bertz CT molecular complexity index is 333. The number of thioether (sulfide) groups is 1. The number of nitrogens with two attached hydrogens (primary N) is 1. The Morgan fingerprint density at radius 3 is 2.73 bits per heavy atom. The van der Waals surface area contributed by atoms with Crippen LogP contribution in [0.4, 0.5) is 0 Å². The minimum Gasteiger partial charge on any atom is -0.383 e. The number of amidine groups is 1. The fourth-order valence-electron chi connectivity index (χ4n) is 1.22. The molecule has 84 valence electrons. The van der Waals surface area contributed by atoms with E-state index >= 15 is 0 Å². The highest BCUT2D eigenvalue weighted by atomic mass is 32.2. The third-order valence-electron chi connectivity index (χ3n) is 1.90. The van der Waals surface area contributed by atoms with E-state index in [4.69, 9.17) is 11.1 Å². The maximum absolute atomic E-state index is 7.45. The van der Waals surface area contributed by atoms with Gasteiger partial charge < -0.3 is 5.73 Å². The van der Waals surface area contributed by atoms with E-state index in [0.717, 1.165) is 33.5 Å². The molecule has 1 rings (SSSR count). The van der Waals surface area contributed by atoms with Crippen molar-refractivity contribution < 1.29 is 0 Å². The van der Waals surface area contributed by atoms with Crippen LogP contribution in [0.2, 0.25) is 0 Å². The van der Waals surface area contributed by atoms with E-state index in [1.165, 1.54) is 6.42 Å².